The van der Waals surface area contributed by atoms with Crippen molar-refractivity contribution in [2.45, 2.75) is 129 Å². The second kappa shape index (κ2) is 13.7. The van der Waals surface area contributed by atoms with Gasteiger partial charge < -0.3 is 33.7 Å². The van der Waals surface area contributed by atoms with Crippen molar-refractivity contribution in [2.75, 3.05) is 21.2 Å². The van der Waals surface area contributed by atoms with Crippen LogP contribution in [0.25, 0.3) is 0 Å². The molecule has 13 nitrogen and oxygen atoms in total. The highest BCUT2D eigenvalue weighted by Crippen LogP contribution is 2.42. The molecular weight excluding hydrogens is 574 g/mol. The van der Waals surface area contributed by atoms with Crippen LogP contribution in [0, 0.1) is 23.7 Å². The van der Waals surface area contributed by atoms with Crippen molar-refractivity contribution in [2.24, 2.45) is 29.5 Å². The van der Waals surface area contributed by atoms with Crippen LogP contribution < -0.4 is 5.84 Å². The number of rotatable bonds is 5. The number of likely N-dealkylation sites (N-methyl/N-ethyl adjacent to an activating group) is 1. The van der Waals surface area contributed by atoms with Gasteiger partial charge in [0.15, 0.2) is 17.7 Å². The largest absolute Gasteiger partial charge is 0.458 e. The van der Waals surface area contributed by atoms with Crippen LogP contribution in [0.2, 0.25) is 0 Å². The van der Waals surface area contributed by atoms with Gasteiger partial charge in [0.25, 0.3) is 0 Å². The standard InChI is InChI=1S/C31H53N3O10/c1-12-21-31(8)25(34(32)29(39)44-31)17(4)22(35)15(2)14-30(7,40-11)26(18(5)23(36)19(6)27(38)42-21)43-28-24(37)20(33(9)10)13-16(3)41-28/h15-21,24-26,28,37H,12-14,32H2,1-11H3/t15-,16-,17+,18+,19-,20+,21?,24-,25-,26-,28+,30-,31-/m1/s1. The fraction of sp³-hybridized carbons (Fsp3) is 0.871. The molecule has 3 N–H and O–H groups in total. The fourth-order valence-electron chi connectivity index (χ4n) is 7.41. The smallest absolute Gasteiger partial charge is 0.425 e. The number of aliphatic hydroxyl groups excluding tert-OH is 1. The molecule has 0 aromatic rings. The number of hydrogen-bond acceptors (Lipinski definition) is 12. The molecule has 3 saturated heterocycles. The number of Topliss-reactive ketones (excluding diaryl/α,β-unsaturated/α-hetero) is 2. The highest BCUT2D eigenvalue weighted by molar-refractivity contribution is 6.00. The summed E-state index contributed by atoms with van der Waals surface area (Å²) in [6, 6.07) is -1.22. The minimum Gasteiger partial charge on any atom is -0.458 e. The number of methoxy groups -OCH3 is 1. The third-order valence-electron chi connectivity index (χ3n) is 10.1. The zero-order chi connectivity index (χ0) is 33.5. The number of ketones is 2. The van der Waals surface area contributed by atoms with Crippen molar-refractivity contribution < 1.29 is 48.0 Å². The lowest BCUT2D eigenvalue weighted by molar-refractivity contribution is -0.295. The molecule has 0 spiro atoms. The van der Waals surface area contributed by atoms with E-state index < -0.39 is 83.4 Å². The van der Waals surface area contributed by atoms with Crippen LogP contribution in [0.4, 0.5) is 4.79 Å². The van der Waals surface area contributed by atoms with Crippen molar-refractivity contribution in [3.05, 3.63) is 0 Å². The third kappa shape index (κ3) is 6.68. The van der Waals surface area contributed by atoms with E-state index in [0.29, 0.717) is 6.42 Å². The SMILES string of the molecule is CCC1OC(=O)[C@H](C)C(=O)[C@H](C)[C@@H](O[C@@H]2O[C@H](C)C[C@H](N(C)C)[C@H]2O)[C@](C)(OC)C[C@@H](C)C(=O)[C@H](C)[C@H]2N(N)C(=O)O[C@]12C. The summed E-state index contributed by atoms with van der Waals surface area (Å²) in [6.45, 7) is 13.5. The van der Waals surface area contributed by atoms with Gasteiger partial charge in [-0.25, -0.2) is 15.6 Å². The Bertz CT molecular complexity index is 1090. The lowest BCUT2D eigenvalue weighted by Gasteiger charge is -2.47. The summed E-state index contributed by atoms with van der Waals surface area (Å²) in [6.07, 6.45) is -4.33. The molecule has 3 aliphatic rings. The second-order valence-electron chi connectivity index (χ2n) is 13.6. The highest BCUT2D eigenvalue weighted by Gasteiger charge is 2.60. The van der Waals surface area contributed by atoms with Crippen molar-refractivity contribution in [1.29, 1.82) is 0 Å². The van der Waals surface area contributed by atoms with E-state index in [1.165, 1.54) is 14.0 Å². The molecule has 0 aromatic carbocycles. The van der Waals surface area contributed by atoms with Gasteiger partial charge in [0.1, 0.15) is 30.0 Å². The van der Waals surface area contributed by atoms with Crippen LogP contribution in [0.3, 0.4) is 0 Å². The topological polar surface area (TPSA) is 167 Å². The number of carbonyl (C=O) groups is 4. The number of hydrazine groups is 1. The van der Waals surface area contributed by atoms with Gasteiger partial charge in [0, 0.05) is 30.9 Å². The van der Waals surface area contributed by atoms with Gasteiger partial charge >= 0.3 is 12.1 Å². The van der Waals surface area contributed by atoms with Crippen LogP contribution in [0.15, 0.2) is 0 Å². The van der Waals surface area contributed by atoms with Gasteiger partial charge in [-0.3, -0.25) is 14.4 Å². The number of ether oxygens (including phenoxy) is 5. The average molecular weight is 628 g/mol. The first kappa shape index (κ1) is 36.3. The van der Waals surface area contributed by atoms with Crippen molar-refractivity contribution in [3.8, 4) is 0 Å². The Balaban J connectivity index is 2.11. The second-order valence-corrected chi connectivity index (χ2v) is 13.6. The summed E-state index contributed by atoms with van der Waals surface area (Å²) in [7, 11) is 5.18. The number of nitrogens with two attached hydrogens (primary N) is 1. The van der Waals surface area contributed by atoms with Gasteiger partial charge in [-0.05, 0) is 61.1 Å². The van der Waals surface area contributed by atoms with Gasteiger partial charge in [-0.15, -0.1) is 0 Å². The van der Waals surface area contributed by atoms with Gasteiger partial charge in [0.05, 0.1) is 17.8 Å². The number of esters is 1. The molecule has 44 heavy (non-hydrogen) atoms. The summed E-state index contributed by atoms with van der Waals surface area (Å²) in [5, 5.41) is 12.1. The normalized spacial score (nSPS) is 44.7. The summed E-state index contributed by atoms with van der Waals surface area (Å²) >= 11 is 0. The van der Waals surface area contributed by atoms with E-state index in [9.17, 15) is 24.3 Å². The maximum absolute atomic E-state index is 14.0. The number of hydrogen-bond donors (Lipinski definition) is 2. The van der Waals surface area contributed by atoms with Crippen LogP contribution in [0.5, 0.6) is 0 Å². The molecule has 3 aliphatic heterocycles. The molecule has 1 unspecified atom stereocenters. The van der Waals surface area contributed by atoms with Crippen LogP contribution in [-0.4, -0.2) is 114 Å². The molecule has 252 valence electrons. The molecule has 1 amide bonds. The zero-order valence-corrected chi connectivity index (χ0v) is 28.1. The molecule has 0 aliphatic carbocycles. The Morgan fingerprint density at radius 3 is 2.20 bits per heavy atom. The monoisotopic (exact) mass is 627 g/mol. The zero-order valence-electron chi connectivity index (χ0n) is 28.1. The first-order valence-electron chi connectivity index (χ1n) is 15.6. The molecule has 13 atom stereocenters. The van der Waals surface area contributed by atoms with E-state index in [-0.39, 0.29) is 30.8 Å². The molecule has 0 radical (unpaired) electrons. The van der Waals surface area contributed by atoms with Gasteiger partial charge in [-0.2, -0.15) is 0 Å². The summed E-state index contributed by atoms with van der Waals surface area (Å²) in [5.74, 6) is 1.03. The van der Waals surface area contributed by atoms with Crippen LogP contribution in [0.1, 0.15) is 74.7 Å². The maximum Gasteiger partial charge on any atom is 0.425 e. The molecule has 3 rings (SSSR count). The van der Waals surface area contributed by atoms with Gasteiger partial charge in [-0.1, -0.05) is 27.7 Å². The number of nitrogens with zero attached hydrogens (tertiary/aromatic N) is 2. The Hall–Kier alpha value is -2.16. The van der Waals surface area contributed by atoms with Crippen molar-refractivity contribution in [1.82, 2.24) is 9.91 Å². The molecule has 0 saturated carbocycles. The highest BCUT2D eigenvalue weighted by atomic mass is 16.7. The Labute approximate surface area is 261 Å². The lowest BCUT2D eigenvalue weighted by Crippen LogP contribution is -2.60. The van der Waals surface area contributed by atoms with E-state index in [2.05, 4.69) is 0 Å². The Morgan fingerprint density at radius 1 is 1.05 bits per heavy atom. The van der Waals surface area contributed by atoms with Gasteiger partial charge in [0.2, 0.25) is 0 Å². The number of carbonyl (C=O) groups excluding carboxylic acids is 4. The summed E-state index contributed by atoms with van der Waals surface area (Å²) in [4.78, 5) is 56.1. The number of aliphatic hydroxyl groups is 1. The maximum atomic E-state index is 14.0. The van der Waals surface area contributed by atoms with Crippen LogP contribution >= 0.6 is 0 Å². The predicted molar refractivity (Wildman–Crippen MR) is 159 cm³/mol. The van der Waals surface area contributed by atoms with E-state index in [4.69, 9.17) is 29.5 Å². The first-order valence-corrected chi connectivity index (χ1v) is 15.6. The van der Waals surface area contributed by atoms with E-state index in [0.717, 1.165) is 5.01 Å². The van der Waals surface area contributed by atoms with Crippen LogP contribution in [-0.2, 0) is 38.1 Å². The minimum absolute atomic E-state index is 0.114. The Morgan fingerprint density at radius 2 is 1.66 bits per heavy atom. The predicted octanol–water partition coefficient (Wildman–Crippen LogP) is 2.06. The molecular formula is C31H53N3O10. The number of cyclic esters (lactones) is 1. The van der Waals surface area contributed by atoms with Crippen molar-refractivity contribution in [3.63, 3.8) is 0 Å². The quantitative estimate of drug-likeness (QED) is 0.197. The summed E-state index contributed by atoms with van der Waals surface area (Å²) < 4.78 is 30.1. The number of amides is 1. The fourth-order valence-corrected chi connectivity index (χ4v) is 7.41. The van der Waals surface area contributed by atoms with E-state index >= 15 is 0 Å². The minimum atomic E-state index is -1.45. The van der Waals surface area contributed by atoms with Crippen molar-refractivity contribution >= 4 is 23.6 Å². The average Bonchev–Trinajstić information content (AvgIpc) is 3.20. The molecule has 3 heterocycles. The lowest BCUT2D eigenvalue weighted by atomic mass is 9.73. The molecule has 0 aromatic heterocycles. The number of fused-ring (bicyclic) bond motifs is 1. The molecule has 3 fully saturated rings. The molecule has 13 heteroatoms. The Kier molecular flexibility index (Phi) is 11.3. The van der Waals surface area contributed by atoms with E-state index in [1.807, 2.05) is 25.9 Å². The summed E-state index contributed by atoms with van der Waals surface area (Å²) in [5.41, 5.74) is -2.71. The molecule has 0 bridgehead atoms. The van der Waals surface area contributed by atoms with E-state index in [1.54, 1.807) is 41.5 Å². The third-order valence-corrected chi connectivity index (χ3v) is 10.1. The first-order chi connectivity index (χ1) is 20.3.